The maximum atomic E-state index is 12.8. The number of thiazole rings is 1. The van der Waals surface area contributed by atoms with Gasteiger partial charge in [0, 0.05) is 30.5 Å². The highest BCUT2D eigenvalue weighted by atomic mass is 32.1. The molecule has 1 unspecified atom stereocenters. The molecule has 3 rings (SSSR count). The molecule has 0 spiro atoms. The molecule has 1 aromatic heterocycles. The number of primary amides is 1. The molecule has 6 nitrogen and oxygen atoms in total. The highest BCUT2D eigenvalue weighted by Gasteiger charge is 2.24. The first-order chi connectivity index (χ1) is 13.0. The molecule has 1 atom stereocenters. The van der Waals surface area contributed by atoms with Gasteiger partial charge in [0.15, 0.2) is 0 Å². The van der Waals surface area contributed by atoms with Gasteiger partial charge >= 0.3 is 0 Å². The molecule has 2 amide bonds. The van der Waals surface area contributed by atoms with E-state index in [1.165, 1.54) is 0 Å². The van der Waals surface area contributed by atoms with E-state index in [0.717, 1.165) is 42.3 Å². The van der Waals surface area contributed by atoms with Gasteiger partial charge in [-0.05, 0) is 56.4 Å². The van der Waals surface area contributed by atoms with E-state index >= 15 is 0 Å². The predicted molar refractivity (Wildman–Crippen MR) is 105 cm³/mol. The van der Waals surface area contributed by atoms with Crippen LogP contribution in [0, 0.1) is 12.8 Å². The maximum absolute atomic E-state index is 12.8. The number of hydrogen-bond donors (Lipinski definition) is 1. The van der Waals surface area contributed by atoms with E-state index in [4.69, 9.17) is 10.5 Å². The summed E-state index contributed by atoms with van der Waals surface area (Å²) in [6, 6.07) is 7.25. The Morgan fingerprint density at radius 2 is 2.11 bits per heavy atom. The first-order valence-corrected chi connectivity index (χ1v) is 10.1. The lowest BCUT2D eigenvalue weighted by molar-refractivity contribution is -0.118. The molecule has 1 saturated heterocycles. The number of nitrogens with two attached hydrogens (primary N) is 1. The molecule has 144 valence electrons. The standard InChI is InChI=1S/C20H25N3O3S/c1-14-22-17(13-27-14)12-26-18-7-5-16(6-8-18)20(25)23-10-2-3-15(11-23)4-9-19(21)24/h5-8,13,15H,2-4,9-12H2,1H3,(H2,21,24). The third kappa shape index (κ3) is 5.53. The number of carbonyl (C=O) groups is 2. The minimum Gasteiger partial charge on any atom is -0.487 e. The van der Waals surface area contributed by atoms with Crippen LogP contribution in [0.5, 0.6) is 5.75 Å². The zero-order chi connectivity index (χ0) is 19.2. The van der Waals surface area contributed by atoms with Crippen LogP contribution in [0.4, 0.5) is 0 Å². The Morgan fingerprint density at radius 3 is 2.78 bits per heavy atom. The van der Waals surface area contributed by atoms with Gasteiger partial charge in [-0.25, -0.2) is 4.98 Å². The van der Waals surface area contributed by atoms with Gasteiger partial charge in [-0.15, -0.1) is 11.3 Å². The zero-order valence-corrected chi connectivity index (χ0v) is 16.3. The van der Waals surface area contributed by atoms with Crippen molar-refractivity contribution in [3.05, 3.63) is 45.9 Å². The Kier molecular flexibility index (Phi) is 6.45. The summed E-state index contributed by atoms with van der Waals surface area (Å²) in [4.78, 5) is 30.0. The van der Waals surface area contributed by atoms with Crippen LogP contribution in [0.3, 0.4) is 0 Å². The summed E-state index contributed by atoms with van der Waals surface area (Å²) in [5, 5.41) is 3.00. The lowest BCUT2D eigenvalue weighted by Crippen LogP contribution is -2.40. The molecule has 1 aromatic carbocycles. The quantitative estimate of drug-likeness (QED) is 0.791. The van der Waals surface area contributed by atoms with E-state index in [1.54, 1.807) is 23.5 Å². The number of rotatable bonds is 7. The third-order valence-electron chi connectivity index (χ3n) is 4.76. The van der Waals surface area contributed by atoms with Gasteiger partial charge < -0.3 is 15.4 Å². The summed E-state index contributed by atoms with van der Waals surface area (Å²) >= 11 is 1.60. The largest absolute Gasteiger partial charge is 0.487 e. The molecule has 0 saturated carbocycles. The predicted octanol–water partition coefficient (Wildman–Crippen LogP) is 3.15. The van der Waals surface area contributed by atoms with Gasteiger partial charge in [0.25, 0.3) is 5.91 Å². The van der Waals surface area contributed by atoms with Crippen molar-refractivity contribution in [2.24, 2.45) is 11.7 Å². The molecule has 0 radical (unpaired) electrons. The number of aryl methyl sites for hydroxylation is 1. The van der Waals surface area contributed by atoms with E-state index < -0.39 is 0 Å². The summed E-state index contributed by atoms with van der Waals surface area (Å²) in [6.07, 6.45) is 3.14. The molecular weight excluding hydrogens is 362 g/mol. The fourth-order valence-electron chi connectivity index (χ4n) is 3.34. The SMILES string of the molecule is Cc1nc(COc2ccc(C(=O)N3CCCC(CCC(N)=O)C3)cc2)cs1. The van der Waals surface area contributed by atoms with Crippen LogP contribution in [0.15, 0.2) is 29.6 Å². The second-order valence-electron chi connectivity index (χ2n) is 6.94. The Bertz CT molecular complexity index is 788. The first-order valence-electron chi connectivity index (χ1n) is 9.22. The molecule has 27 heavy (non-hydrogen) atoms. The van der Waals surface area contributed by atoms with E-state index in [0.29, 0.717) is 31.1 Å². The fourth-order valence-corrected chi connectivity index (χ4v) is 3.94. The highest BCUT2D eigenvalue weighted by molar-refractivity contribution is 7.09. The highest BCUT2D eigenvalue weighted by Crippen LogP contribution is 2.23. The smallest absolute Gasteiger partial charge is 0.253 e. The van der Waals surface area contributed by atoms with E-state index in [-0.39, 0.29) is 11.8 Å². The number of ether oxygens (including phenoxy) is 1. The number of carbonyl (C=O) groups excluding carboxylic acids is 2. The van der Waals surface area contributed by atoms with Crippen LogP contribution in [-0.4, -0.2) is 34.8 Å². The molecule has 2 N–H and O–H groups in total. The lowest BCUT2D eigenvalue weighted by Gasteiger charge is -2.32. The van der Waals surface area contributed by atoms with Crippen molar-refractivity contribution in [1.82, 2.24) is 9.88 Å². The minimum atomic E-state index is -0.276. The molecule has 7 heteroatoms. The minimum absolute atomic E-state index is 0.0282. The molecule has 2 heterocycles. The summed E-state index contributed by atoms with van der Waals surface area (Å²) in [7, 11) is 0. The average Bonchev–Trinajstić information content (AvgIpc) is 3.10. The van der Waals surface area contributed by atoms with Crippen LogP contribution in [0.1, 0.15) is 46.7 Å². The van der Waals surface area contributed by atoms with Crippen LogP contribution in [0.2, 0.25) is 0 Å². The second-order valence-corrected chi connectivity index (χ2v) is 8.00. The Hall–Kier alpha value is -2.41. The molecule has 1 aliphatic rings. The Labute approximate surface area is 163 Å². The molecule has 0 bridgehead atoms. The van der Waals surface area contributed by atoms with Crippen LogP contribution in [0.25, 0.3) is 0 Å². The van der Waals surface area contributed by atoms with Gasteiger partial charge in [-0.1, -0.05) is 0 Å². The summed E-state index contributed by atoms with van der Waals surface area (Å²) in [5.74, 6) is 0.817. The van der Waals surface area contributed by atoms with Gasteiger partial charge in [-0.2, -0.15) is 0 Å². The summed E-state index contributed by atoms with van der Waals surface area (Å²) in [6.45, 7) is 3.83. The van der Waals surface area contributed by atoms with Crippen molar-refractivity contribution in [3.63, 3.8) is 0 Å². The number of benzene rings is 1. The molecule has 1 fully saturated rings. The fraction of sp³-hybridized carbons (Fsp3) is 0.450. The van der Waals surface area contributed by atoms with Gasteiger partial charge in [0.1, 0.15) is 12.4 Å². The van der Waals surface area contributed by atoms with E-state index in [9.17, 15) is 9.59 Å². The summed E-state index contributed by atoms with van der Waals surface area (Å²) < 4.78 is 5.73. The zero-order valence-electron chi connectivity index (χ0n) is 15.5. The van der Waals surface area contributed by atoms with Crippen LogP contribution >= 0.6 is 11.3 Å². The third-order valence-corrected chi connectivity index (χ3v) is 5.58. The summed E-state index contributed by atoms with van der Waals surface area (Å²) in [5.41, 5.74) is 6.80. The second kappa shape index (κ2) is 8.99. The van der Waals surface area contributed by atoms with Crippen molar-refractivity contribution < 1.29 is 14.3 Å². The van der Waals surface area contributed by atoms with Crippen LogP contribution in [-0.2, 0) is 11.4 Å². The number of piperidine rings is 1. The first kappa shape index (κ1) is 19.4. The van der Waals surface area contributed by atoms with E-state index in [2.05, 4.69) is 4.98 Å². The maximum Gasteiger partial charge on any atom is 0.253 e. The molecule has 0 aliphatic carbocycles. The Morgan fingerprint density at radius 1 is 1.33 bits per heavy atom. The average molecular weight is 388 g/mol. The van der Waals surface area contributed by atoms with Crippen molar-refractivity contribution in [2.45, 2.75) is 39.2 Å². The van der Waals surface area contributed by atoms with Crippen molar-refractivity contribution in [2.75, 3.05) is 13.1 Å². The van der Waals surface area contributed by atoms with E-state index in [1.807, 2.05) is 29.3 Å². The van der Waals surface area contributed by atoms with Gasteiger partial charge in [-0.3, -0.25) is 9.59 Å². The van der Waals surface area contributed by atoms with Gasteiger partial charge in [0.2, 0.25) is 5.91 Å². The normalized spacial score (nSPS) is 16.9. The van der Waals surface area contributed by atoms with Crippen molar-refractivity contribution in [1.29, 1.82) is 0 Å². The number of nitrogens with zero attached hydrogens (tertiary/aromatic N) is 2. The van der Waals surface area contributed by atoms with Gasteiger partial charge in [0.05, 0.1) is 10.7 Å². The van der Waals surface area contributed by atoms with Crippen LogP contribution < -0.4 is 10.5 Å². The number of hydrogen-bond acceptors (Lipinski definition) is 5. The lowest BCUT2D eigenvalue weighted by atomic mass is 9.93. The number of likely N-dealkylation sites (tertiary alicyclic amines) is 1. The topological polar surface area (TPSA) is 85.5 Å². The van der Waals surface area contributed by atoms with Crippen molar-refractivity contribution >= 4 is 23.2 Å². The monoisotopic (exact) mass is 387 g/mol. The van der Waals surface area contributed by atoms with Crippen molar-refractivity contribution in [3.8, 4) is 5.75 Å². The molecular formula is C20H25N3O3S. The Balaban J connectivity index is 1.54. The molecule has 1 aliphatic heterocycles. The number of amides is 2. The molecule has 2 aromatic rings. The number of aromatic nitrogens is 1.